The summed E-state index contributed by atoms with van der Waals surface area (Å²) >= 11 is 0. The monoisotopic (exact) mass is 327 g/mol. The van der Waals surface area contributed by atoms with Crippen molar-refractivity contribution < 1.29 is 8.42 Å². The Kier molecular flexibility index (Phi) is 4.00. The molecule has 3 aromatic rings. The topological polar surface area (TPSA) is 63.2 Å². The van der Waals surface area contributed by atoms with Gasteiger partial charge in [-0.3, -0.25) is 14.3 Å². The minimum atomic E-state index is -3.46. The second-order valence-electron chi connectivity index (χ2n) is 5.44. The number of hydrogen-bond donors (Lipinski definition) is 0. The third-order valence-electron chi connectivity index (χ3n) is 3.70. The molecule has 1 heterocycles. The van der Waals surface area contributed by atoms with Crippen LogP contribution in [0.3, 0.4) is 0 Å². The quantitative estimate of drug-likeness (QED) is 0.739. The second-order valence-corrected chi connectivity index (χ2v) is 7.44. The van der Waals surface area contributed by atoms with Gasteiger partial charge in [0.2, 0.25) is 10.0 Å². The van der Waals surface area contributed by atoms with E-state index >= 15 is 0 Å². The van der Waals surface area contributed by atoms with Gasteiger partial charge in [0.05, 0.1) is 22.5 Å². The number of sulfonamides is 1. The summed E-state index contributed by atoms with van der Waals surface area (Å²) in [7, 11) is -1.91. The molecule has 118 valence electrons. The molecule has 0 atom stereocenters. The fourth-order valence-corrected chi connectivity index (χ4v) is 3.54. The Bertz CT molecular complexity index is 937. The van der Waals surface area contributed by atoms with E-state index in [1.54, 1.807) is 37.6 Å². The van der Waals surface area contributed by atoms with Crippen molar-refractivity contribution >= 4 is 26.7 Å². The SMILES string of the molecule is Cc1ccc(CS(=O)(=O)N(C)c2ccc3nccnc3c2)cc1. The maximum atomic E-state index is 12.6. The maximum absolute atomic E-state index is 12.6. The molecule has 0 spiro atoms. The fourth-order valence-electron chi connectivity index (χ4n) is 2.30. The van der Waals surface area contributed by atoms with E-state index < -0.39 is 10.0 Å². The van der Waals surface area contributed by atoms with E-state index in [0.717, 1.165) is 16.6 Å². The standard InChI is InChI=1S/C17H17N3O2S/c1-13-3-5-14(6-4-13)12-23(21,22)20(2)15-7-8-16-17(11-15)19-10-9-18-16/h3-11H,12H2,1-2H3. The Morgan fingerprint density at radius 2 is 1.61 bits per heavy atom. The minimum Gasteiger partial charge on any atom is -0.273 e. The molecular formula is C17H17N3O2S. The van der Waals surface area contributed by atoms with Gasteiger partial charge < -0.3 is 0 Å². The van der Waals surface area contributed by atoms with Crippen LogP contribution >= 0.6 is 0 Å². The van der Waals surface area contributed by atoms with Crippen LogP contribution in [0.4, 0.5) is 5.69 Å². The molecule has 0 amide bonds. The zero-order valence-corrected chi connectivity index (χ0v) is 13.8. The first-order chi connectivity index (χ1) is 11.0. The molecule has 0 saturated carbocycles. The van der Waals surface area contributed by atoms with Gasteiger partial charge in [0, 0.05) is 19.4 Å². The first-order valence-corrected chi connectivity index (χ1v) is 8.79. The van der Waals surface area contributed by atoms with Gasteiger partial charge in [-0.2, -0.15) is 0 Å². The molecule has 0 unspecified atom stereocenters. The average Bonchev–Trinajstić information content (AvgIpc) is 2.55. The Morgan fingerprint density at radius 3 is 2.30 bits per heavy atom. The number of fused-ring (bicyclic) bond motifs is 1. The van der Waals surface area contributed by atoms with Crippen LogP contribution in [0.1, 0.15) is 11.1 Å². The van der Waals surface area contributed by atoms with Crippen molar-refractivity contribution in [1.82, 2.24) is 9.97 Å². The van der Waals surface area contributed by atoms with Crippen LogP contribution in [0.5, 0.6) is 0 Å². The van der Waals surface area contributed by atoms with Crippen molar-refractivity contribution in [3.63, 3.8) is 0 Å². The van der Waals surface area contributed by atoms with Crippen molar-refractivity contribution in [2.24, 2.45) is 0 Å². The van der Waals surface area contributed by atoms with E-state index in [4.69, 9.17) is 0 Å². The van der Waals surface area contributed by atoms with E-state index in [-0.39, 0.29) is 5.75 Å². The highest BCUT2D eigenvalue weighted by Crippen LogP contribution is 2.22. The Morgan fingerprint density at radius 1 is 0.957 bits per heavy atom. The predicted molar refractivity (Wildman–Crippen MR) is 91.7 cm³/mol. The number of aryl methyl sites for hydroxylation is 1. The number of aromatic nitrogens is 2. The Balaban J connectivity index is 1.90. The van der Waals surface area contributed by atoms with E-state index in [9.17, 15) is 8.42 Å². The Labute approximate surface area is 135 Å². The van der Waals surface area contributed by atoms with Gasteiger partial charge in [-0.05, 0) is 30.7 Å². The van der Waals surface area contributed by atoms with Crippen LogP contribution in [0.25, 0.3) is 11.0 Å². The highest BCUT2D eigenvalue weighted by molar-refractivity contribution is 7.92. The van der Waals surface area contributed by atoms with Crippen LogP contribution in [-0.4, -0.2) is 25.4 Å². The van der Waals surface area contributed by atoms with Crippen LogP contribution in [0.2, 0.25) is 0 Å². The molecule has 2 aromatic carbocycles. The highest BCUT2D eigenvalue weighted by atomic mass is 32.2. The lowest BCUT2D eigenvalue weighted by Crippen LogP contribution is -2.27. The largest absolute Gasteiger partial charge is 0.273 e. The van der Waals surface area contributed by atoms with Crippen LogP contribution in [0.15, 0.2) is 54.9 Å². The molecule has 0 aliphatic heterocycles. The third-order valence-corrected chi connectivity index (χ3v) is 5.45. The molecular weight excluding hydrogens is 310 g/mol. The van der Waals surface area contributed by atoms with E-state index in [1.807, 2.05) is 31.2 Å². The van der Waals surface area contributed by atoms with Gasteiger partial charge in [0.25, 0.3) is 0 Å². The van der Waals surface area contributed by atoms with Crippen LogP contribution in [0, 0.1) is 6.92 Å². The summed E-state index contributed by atoms with van der Waals surface area (Å²) < 4.78 is 26.5. The van der Waals surface area contributed by atoms with Gasteiger partial charge >= 0.3 is 0 Å². The van der Waals surface area contributed by atoms with Crippen LogP contribution in [-0.2, 0) is 15.8 Å². The molecule has 0 radical (unpaired) electrons. The summed E-state index contributed by atoms with van der Waals surface area (Å²) in [6.07, 6.45) is 3.20. The number of benzene rings is 2. The molecule has 23 heavy (non-hydrogen) atoms. The number of hydrogen-bond acceptors (Lipinski definition) is 4. The average molecular weight is 327 g/mol. The fraction of sp³-hybridized carbons (Fsp3) is 0.176. The summed E-state index contributed by atoms with van der Waals surface area (Å²) in [5, 5.41) is 0. The lowest BCUT2D eigenvalue weighted by Gasteiger charge is -2.19. The summed E-state index contributed by atoms with van der Waals surface area (Å²) in [6.45, 7) is 1.97. The first kappa shape index (κ1) is 15.4. The maximum Gasteiger partial charge on any atom is 0.239 e. The van der Waals surface area contributed by atoms with Gasteiger partial charge in [-0.1, -0.05) is 29.8 Å². The van der Waals surface area contributed by atoms with Gasteiger partial charge in [0.1, 0.15) is 0 Å². The van der Waals surface area contributed by atoms with Gasteiger partial charge in [-0.15, -0.1) is 0 Å². The van der Waals surface area contributed by atoms with Crippen molar-refractivity contribution in [3.05, 3.63) is 66.0 Å². The van der Waals surface area contributed by atoms with Crippen molar-refractivity contribution in [1.29, 1.82) is 0 Å². The predicted octanol–water partition coefficient (Wildman–Crippen LogP) is 2.90. The van der Waals surface area contributed by atoms with Gasteiger partial charge in [-0.25, -0.2) is 8.42 Å². The summed E-state index contributed by atoms with van der Waals surface area (Å²) in [5.74, 6) is -0.0394. The Hall–Kier alpha value is -2.47. The lowest BCUT2D eigenvalue weighted by atomic mass is 10.2. The summed E-state index contributed by atoms with van der Waals surface area (Å²) in [4.78, 5) is 8.41. The van der Waals surface area contributed by atoms with Crippen molar-refractivity contribution in [3.8, 4) is 0 Å². The minimum absolute atomic E-state index is 0.0394. The lowest BCUT2D eigenvalue weighted by molar-refractivity contribution is 0.593. The molecule has 3 rings (SSSR count). The number of nitrogens with zero attached hydrogens (tertiary/aromatic N) is 3. The zero-order chi connectivity index (χ0) is 16.4. The molecule has 0 saturated heterocycles. The zero-order valence-electron chi connectivity index (χ0n) is 13.0. The molecule has 0 aliphatic rings. The van der Waals surface area contributed by atoms with Crippen molar-refractivity contribution in [2.45, 2.75) is 12.7 Å². The summed E-state index contributed by atoms with van der Waals surface area (Å²) in [5.41, 5.74) is 3.85. The van der Waals surface area contributed by atoms with Crippen LogP contribution < -0.4 is 4.31 Å². The van der Waals surface area contributed by atoms with Crippen molar-refractivity contribution in [2.75, 3.05) is 11.4 Å². The molecule has 0 aliphatic carbocycles. The molecule has 0 N–H and O–H groups in total. The molecule has 0 bridgehead atoms. The van der Waals surface area contributed by atoms with Gasteiger partial charge in [0.15, 0.2) is 0 Å². The smallest absolute Gasteiger partial charge is 0.239 e. The van der Waals surface area contributed by atoms with E-state index in [1.165, 1.54) is 4.31 Å². The third kappa shape index (κ3) is 3.32. The molecule has 6 heteroatoms. The highest BCUT2D eigenvalue weighted by Gasteiger charge is 2.19. The molecule has 1 aromatic heterocycles. The molecule has 0 fully saturated rings. The number of rotatable bonds is 4. The first-order valence-electron chi connectivity index (χ1n) is 7.19. The van der Waals surface area contributed by atoms with E-state index in [0.29, 0.717) is 11.2 Å². The second kappa shape index (κ2) is 5.96. The summed E-state index contributed by atoms with van der Waals surface area (Å²) in [6, 6.07) is 12.8. The number of anilines is 1. The molecule has 5 nitrogen and oxygen atoms in total. The normalized spacial score (nSPS) is 11.6. The van der Waals surface area contributed by atoms with E-state index in [2.05, 4.69) is 9.97 Å².